The van der Waals surface area contributed by atoms with Gasteiger partial charge in [-0.25, -0.2) is 0 Å². The zero-order valence-electron chi connectivity index (χ0n) is 14.1. The fraction of sp³-hybridized carbons (Fsp3) is 0.526. The van der Waals surface area contributed by atoms with Gasteiger partial charge in [-0.05, 0) is 12.0 Å². The standard InChI is InChI=1S/C19H26N2O2/c1-3-4-8-12-20-13-9-14-21(16-15-20)19(22)18(23-2)17-10-6-5-7-11-17/h5-7,10-11,18H,3,9,12-16H2,1-2H3/t18-/m0/s1. The topological polar surface area (TPSA) is 32.8 Å². The van der Waals surface area contributed by atoms with Gasteiger partial charge in [0, 0.05) is 39.7 Å². The van der Waals surface area contributed by atoms with E-state index in [0.29, 0.717) is 0 Å². The largest absolute Gasteiger partial charge is 0.367 e. The summed E-state index contributed by atoms with van der Waals surface area (Å²) in [5.41, 5.74) is 0.912. The molecule has 4 heteroatoms. The van der Waals surface area contributed by atoms with Crippen molar-refractivity contribution in [2.24, 2.45) is 0 Å². The molecule has 0 unspecified atom stereocenters. The van der Waals surface area contributed by atoms with Crippen molar-refractivity contribution in [3.05, 3.63) is 35.9 Å². The van der Waals surface area contributed by atoms with Gasteiger partial charge in [-0.15, -0.1) is 5.92 Å². The first-order chi connectivity index (χ1) is 11.3. The molecular formula is C19H26N2O2. The van der Waals surface area contributed by atoms with Crippen molar-refractivity contribution in [3.63, 3.8) is 0 Å². The Morgan fingerprint density at radius 1 is 1.17 bits per heavy atom. The van der Waals surface area contributed by atoms with Gasteiger partial charge in [0.05, 0.1) is 6.54 Å². The van der Waals surface area contributed by atoms with E-state index in [0.717, 1.165) is 51.1 Å². The summed E-state index contributed by atoms with van der Waals surface area (Å²) in [5, 5.41) is 0. The summed E-state index contributed by atoms with van der Waals surface area (Å²) in [6.07, 6.45) is 1.36. The molecule has 1 heterocycles. The number of rotatable bonds is 4. The Morgan fingerprint density at radius 3 is 2.65 bits per heavy atom. The van der Waals surface area contributed by atoms with Gasteiger partial charge in [-0.1, -0.05) is 43.2 Å². The number of hydrogen-bond donors (Lipinski definition) is 0. The molecule has 1 fully saturated rings. The highest BCUT2D eigenvalue weighted by atomic mass is 16.5. The third-order valence-corrected chi connectivity index (χ3v) is 4.07. The number of nitrogens with zero attached hydrogens (tertiary/aromatic N) is 2. The molecule has 1 aliphatic rings. The van der Waals surface area contributed by atoms with Crippen LogP contribution in [0.3, 0.4) is 0 Å². The van der Waals surface area contributed by atoms with Gasteiger partial charge >= 0.3 is 0 Å². The van der Waals surface area contributed by atoms with E-state index in [1.165, 1.54) is 0 Å². The molecular weight excluding hydrogens is 288 g/mol. The number of carbonyl (C=O) groups is 1. The van der Waals surface area contributed by atoms with Crippen LogP contribution in [-0.4, -0.2) is 55.5 Å². The number of amides is 1. The molecule has 0 radical (unpaired) electrons. The van der Waals surface area contributed by atoms with Crippen LogP contribution in [0.5, 0.6) is 0 Å². The lowest BCUT2D eigenvalue weighted by Gasteiger charge is -2.25. The molecule has 1 aliphatic heterocycles. The third kappa shape index (κ3) is 5.09. The van der Waals surface area contributed by atoms with Crippen molar-refractivity contribution in [3.8, 4) is 11.8 Å². The molecule has 1 aromatic rings. The van der Waals surface area contributed by atoms with E-state index in [1.54, 1.807) is 7.11 Å². The average molecular weight is 314 g/mol. The van der Waals surface area contributed by atoms with E-state index in [-0.39, 0.29) is 5.91 Å². The van der Waals surface area contributed by atoms with Crippen LogP contribution in [0.25, 0.3) is 0 Å². The van der Waals surface area contributed by atoms with Crippen LogP contribution in [0.4, 0.5) is 0 Å². The summed E-state index contributed by atoms with van der Waals surface area (Å²) >= 11 is 0. The normalized spacial score (nSPS) is 17.0. The van der Waals surface area contributed by atoms with E-state index in [4.69, 9.17) is 4.74 Å². The summed E-state index contributed by atoms with van der Waals surface area (Å²) < 4.78 is 5.47. The maximum absolute atomic E-state index is 12.8. The lowest BCUT2D eigenvalue weighted by Crippen LogP contribution is -2.38. The molecule has 0 aromatic heterocycles. The molecule has 0 bridgehead atoms. The maximum Gasteiger partial charge on any atom is 0.256 e. The van der Waals surface area contributed by atoms with Crippen LogP contribution in [0.2, 0.25) is 0 Å². The van der Waals surface area contributed by atoms with E-state index >= 15 is 0 Å². The lowest BCUT2D eigenvalue weighted by molar-refractivity contribution is -0.142. The highest BCUT2D eigenvalue weighted by molar-refractivity contribution is 5.82. The van der Waals surface area contributed by atoms with E-state index < -0.39 is 6.10 Å². The Kier molecular flexibility index (Phi) is 7.12. The maximum atomic E-state index is 12.8. The number of methoxy groups -OCH3 is 1. The van der Waals surface area contributed by atoms with Crippen molar-refractivity contribution in [1.82, 2.24) is 9.80 Å². The van der Waals surface area contributed by atoms with Crippen molar-refractivity contribution in [2.75, 3.05) is 39.8 Å². The first-order valence-electron chi connectivity index (χ1n) is 8.31. The summed E-state index contributed by atoms with van der Waals surface area (Å²) in [6, 6.07) is 9.70. The molecule has 0 N–H and O–H groups in total. The fourth-order valence-electron chi connectivity index (χ4n) is 2.82. The molecule has 1 saturated heterocycles. The molecule has 4 nitrogen and oxygen atoms in total. The number of ether oxygens (including phenoxy) is 1. The minimum absolute atomic E-state index is 0.0557. The van der Waals surface area contributed by atoms with Crippen LogP contribution in [0.15, 0.2) is 30.3 Å². The minimum atomic E-state index is -0.511. The molecule has 124 valence electrons. The van der Waals surface area contributed by atoms with Crippen molar-refractivity contribution in [2.45, 2.75) is 25.9 Å². The van der Waals surface area contributed by atoms with Gasteiger partial charge in [-0.3, -0.25) is 9.69 Å². The second-order valence-electron chi connectivity index (χ2n) is 5.69. The number of hydrogen-bond acceptors (Lipinski definition) is 3. The lowest BCUT2D eigenvalue weighted by atomic mass is 10.1. The van der Waals surface area contributed by atoms with Crippen LogP contribution in [0.1, 0.15) is 31.4 Å². The van der Waals surface area contributed by atoms with Gasteiger partial charge in [0.15, 0.2) is 6.10 Å². The summed E-state index contributed by atoms with van der Waals surface area (Å²) in [5.74, 6) is 6.35. The van der Waals surface area contributed by atoms with E-state index in [9.17, 15) is 4.79 Å². The molecule has 1 amide bonds. The quantitative estimate of drug-likeness (QED) is 0.800. The van der Waals surface area contributed by atoms with Crippen molar-refractivity contribution in [1.29, 1.82) is 0 Å². The highest BCUT2D eigenvalue weighted by Crippen LogP contribution is 2.20. The zero-order valence-corrected chi connectivity index (χ0v) is 14.1. The van der Waals surface area contributed by atoms with E-state index in [2.05, 4.69) is 23.7 Å². The fourth-order valence-corrected chi connectivity index (χ4v) is 2.82. The Morgan fingerprint density at radius 2 is 1.96 bits per heavy atom. The van der Waals surface area contributed by atoms with Crippen LogP contribution >= 0.6 is 0 Å². The van der Waals surface area contributed by atoms with Crippen LogP contribution in [-0.2, 0) is 9.53 Å². The Balaban J connectivity index is 1.97. The van der Waals surface area contributed by atoms with Crippen molar-refractivity contribution < 1.29 is 9.53 Å². The monoisotopic (exact) mass is 314 g/mol. The van der Waals surface area contributed by atoms with Crippen LogP contribution < -0.4 is 0 Å². The minimum Gasteiger partial charge on any atom is -0.367 e. The molecule has 0 saturated carbocycles. The summed E-state index contributed by atoms with van der Waals surface area (Å²) in [7, 11) is 1.60. The van der Waals surface area contributed by atoms with Gasteiger partial charge in [0.1, 0.15) is 0 Å². The third-order valence-electron chi connectivity index (χ3n) is 4.07. The Bertz CT molecular complexity index is 547. The molecule has 0 spiro atoms. The van der Waals surface area contributed by atoms with Crippen LogP contribution in [0, 0.1) is 11.8 Å². The molecule has 2 rings (SSSR count). The molecule has 0 aliphatic carbocycles. The first kappa shape index (κ1) is 17.5. The summed E-state index contributed by atoms with van der Waals surface area (Å²) in [4.78, 5) is 17.0. The average Bonchev–Trinajstić information content (AvgIpc) is 2.82. The van der Waals surface area contributed by atoms with Gasteiger partial charge in [0.2, 0.25) is 0 Å². The van der Waals surface area contributed by atoms with Gasteiger partial charge in [0.25, 0.3) is 5.91 Å². The second-order valence-corrected chi connectivity index (χ2v) is 5.69. The predicted octanol–water partition coefficient (Wildman–Crippen LogP) is 2.32. The second kappa shape index (κ2) is 9.34. The Labute approximate surface area is 139 Å². The molecule has 1 atom stereocenters. The zero-order chi connectivity index (χ0) is 16.5. The first-order valence-corrected chi connectivity index (χ1v) is 8.31. The number of benzene rings is 1. The van der Waals surface area contributed by atoms with Gasteiger partial charge < -0.3 is 9.64 Å². The Hall–Kier alpha value is -1.83. The summed E-state index contributed by atoms with van der Waals surface area (Å²) in [6.45, 7) is 6.23. The number of carbonyl (C=O) groups excluding carboxylic acids is 1. The van der Waals surface area contributed by atoms with Gasteiger partial charge in [-0.2, -0.15) is 0 Å². The molecule has 23 heavy (non-hydrogen) atoms. The molecule has 1 aromatic carbocycles. The van der Waals surface area contributed by atoms with E-state index in [1.807, 2.05) is 35.2 Å². The van der Waals surface area contributed by atoms with Crippen molar-refractivity contribution >= 4 is 5.91 Å². The SMILES string of the molecule is CCC#CCN1CCCN(C(=O)[C@@H](OC)c2ccccc2)CC1. The highest BCUT2D eigenvalue weighted by Gasteiger charge is 2.27. The predicted molar refractivity (Wildman–Crippen MR) is 91.9 cm³/mol. The smallest absolute Gasteiger partial charge is 0.256 e.